The van der Waals surface area contributed by atoms with Crippen LogP contribution in [0.15, 0.2) is 60.7 Å². The molecule has 0 heterocycles. The highest BCUT2D eigenvalue weighted by molar-refractivity contribution is 5.15. The van der Waals surface area contributed by atoms with Gasteiger partial charge in [0.15, 0.2) is 0 Å². The fraction of sp³-hybridized carbons (Fsp3) is 0.368. The van der Waals surface area contributed by atoms with E-state index in [-0.39, 0.29) is 11.1 Å². The molecule has 2 unspecified atom stereocenters. The summed E-state index contributed by atoms with van der Waals surface area (Å²) >= 11 is 0. The first-order valence-corrected chi connectivity index (χ1v) is 8.25. The van der Waals surface area contributed by atoms with Crippen molar-refractivity contribution < 1.29 is 4.92 Å². The van der Waals surface area contributed by atoms with E-state index < -0.39 is 6.04 Å². The van der Waals surface area contributed by atoms with E-state index in [9.17, 15) is 10.1 Å². The third-order valence-electron chi connectivity index (χ3n) is 4.08. The van der Waals surface area contributed by atoms with Crippen molar-refractivity contribution in [3.63, 3.8) is 0 Å². The van der Waals surface area contributed by atoms with Crippen molar-refractivity contribution in [1.29, 1.82) is 0 Å². The summed E-state index contributed by atoms with van der Waals surface area (Å²) in [7, 11) is 0. The highest BCUT2D eigenvalue weighted by atomic mass is 16.6. The predicted octanol–water partition coefficient (Wildman–Crippen LogP) is 3.29. The van der Waals surface area contributed by atoms with Crippen molar-refractivity contribution >= 4 is 0 Å². The van der Waals surface area contributed by atoms with Crippen LogP contribution in [0.4, 0.5) is 0 Å². The minimum Gasteiger partial charge on any atom is -0.298 e. The van der Waals surface area contributed by atoms with Crippen molar-refractivity contribution in [1.82, 2.24) is 10.2 Å². The van der Waals surface area contributed by atoms with Crippen LogP contribution in [0.3, 0.4) is 0 Å². The van der Waals surface area contributed by atoms with Gasteiger partial charge in [-0.1, -0.05) is 60.7 Å². The molecule has 128 valence electrons. The quantitative estimate of drug-likeness (QED) is 0.436. The van der Waals surface area contributed by atoms with Crippen LogP contribution in [0.25, 0.3) is 0 Å². The number of nitrogens with one attached hydrogen (secondary N) is 1. The minimum absolute atomic E-state index is 0.0350. The molecule has 0 aliphatic rings. The Hall–Kier alpha value is -2.24. The van der Waals surface area contributed by atoms with E-state index in [2.05, 4.69) is 29.3 Å². The Bertz CT molecular complexity index is 619. The summed E-state index contributed by atoms with van der Waals surface area (Å²) in [5.41, 5.74) is 2.35. The topological polar surface area (TPSA) is 58.4 Å². The zero-order chi connectivity index (χ0) is 17.4. The average molecular weight is 327 g/mol. The van der Waals surface area contributed by atoms with Gasteiger partial charge in [0.05, 0.1) is 12.7 Å². The Labute approximate surface area is 143 Å². The van der Waals surface area contributed by atoms with Crippen LogP contribution in [0, 0.1) is 10.1 Å². The van der Waals surface area contributed by atoms with Crippen molar-refractivity contribution in [2.24, 2.45) is 0 Å². The molecular weight excluding hydrogens is 302 g/mol. The number of hydrogen-bond acceptors (Lipinski definition) is 4. The van der Waals surface area contributed by atoms with Crippen LogP contribution in [0.5, 0.6) is 0 Å². The van der Waals surface area contributed by atoms with Gasteiger partial charge in [0, 0.05) is 24.9 Å². The summed E-state index contributed by atoms with van der Waals surface area (Å²) in [6, 6.07) is 19.6. The standard InChI is InChI=1S/C19H25N3O2/c1-16(22(23)24)14-21(15-19-11-7-4-8-12-19)17(2)20-13-18-9-5-3-6-10-18/h3-12,16-17,20H,13-15H2,1-2H3. The molecule has 2 aromatic rings. The maximum Gasteiger partial charge on any atom is 0.222 e. The van der Waals surface area contributed by atoms with Gasteiger partial charge in [-0.05, 0) is 18.1 Å². The fourth-order valence-corrected chi connectivity index (χ4v) is 2.57. The van der Waals surface area contributed by atoms with Crippen LogP contribution in [-0.2, 0) is 13.1 Å². The van der Waals surface area contributed by atoms with E-state index in [1.165, 1.54) is 5.56 Å². The van der Waals surface area contributed by atoms with E-state index in [1.54, 1.807) is 6.92 Å². The summed E-state index contributed by atoms with van der Waals surface area (Å²) in [5, 5.41) is 14.5. The number of nitrogens with zero attached hydrogens (tertiary/aromatic N) is 2. The monoisotopic (exact) mass is 327 g/mol. The molecule has 0 saturated carbocycles. The van der Waals surface area contributed by atoms with Gasteiger partial charge >= 0.3 is 0 Å². The first-order valence-electron chi connectivity index (χ1n) is 8.25. The molecule has 1 N–H and O–H groups in total. The molecule has 0 radical (unpaired) electrons. The Kier molecular flexibility index (Phi) is 6.90. The van der Waals surface area contributed by atoms with Crippen molar-refractivity contribution in [2.75, 3.05) is 6.54 Å². The van der Waals surface area contributed by atoms with Gasteiger partial charge < -0.3 is 0 Å². The third kappa shape index (κ3) is 5.76. The van der Waals surface area contributed by atoms with Gasteiger partial charge in [0.25, 0.3) is 0 Å². The van der Waals surface area contributed by atoms with E-state index in [0.717, 1.165) is 12.1 Å². The highest BCUT2D eigenvalue weighted by Crippen LogP contribution is 2.10. The predicted molar refractivity (Wildman–Crippen MR) is 96.1 cm³/mol. The largest absolute Gasteiger partial charge is 0.298 e. The number of benzene rings is 2. The van der Waals surface area contributed by atoms with E-state index >= 15 is 0 Å². The molecule has 0 aliphatic carbocycles. The van der Waals surface area contributed by atoms with Crippen molar-refractivity contribution in [3.05, 3.63) is 81.9 Å². The molecule has 0 saturated heterocycles. The second-order valence-corrected chi connectivity index (χ2v) is 6.09. The molecular formula is C19H25N3O2. The zero-order valence-electron chi connectivity index (χ0n) is 14.3. The molecule has 0 amide bonds. The van der Waals surface area contributed by atoms with E-state index in [1.807, 2.05) is 48.5 Å². The maximum atomic E-state index is 11.0. The molecule has 0 aromatic heterocycles. The molecule has 2 rings (SSSR count). The highest BCUT2D eigenvalue weighted by Gasteiger charge is 2.22. The molecule has 24 heavy (non-hydrogen) atoms. The number of nitro groups is 1. The SMILES string of the molecule is CC(NCc1ccccc1)N(Cc1ccccc1)CC(C)[N+](=O)[O-]. The summed E-state index contributed by atoms with van der Waals surface area (Å²) in [6.07, 6.45) is 0.0350. The molecule has 0 spiro atoms. The van der Waals surface area contributed by atoms with Crippen molar-refractivity contribution in [3.8, 4) is 0 Å². The lowest BCUT2D eigenvalue weighted by molar-refractivity contribution is -0.519. The smallest absolute Gasteiger partial charge is 0.222 e. The Morgan fingerprint density at radius 1 is 1.00 bits per heavy atom. The lowest BCUT2D eigenvalue weighted by Crippen LogP contribution is -2.47. The van der Waals surface area contributed by atoms with Crippen LogP contribution >= 0.6 is 0 Å². The van der Waals surface area contributed by atoms with Gasteiger partial charge in [-0.15, -0.1) is 0 Å². The molecule has 0 fully saturated rings. The van der Waals surface area contributed by atoms with Crippen LogP contribution in [0.2, 0.25) is 0 Å². The summed E-state index contributed by atoms with van der Waals surface area (Å²) in [4.78, 5) is 12.9. The van der Waals surface area contributed by atoms with E-state index in [4.69, 9.17) is 0 Å². The lowest BCUT2D eigenvalue weighted by Gasteiger charge is -2.30. The normalized spacial score (nSPS) is 13.6. The summed E-state index contributed by atoms with van der Waals surface area (Å²) in [5.74, 6) is 0. The maximum absolute atomic E-state index is 11.0. The number of rotatable bonds is 9. The second kappa shape index (κ2) is 9.15. The minimum atomic E-state index is -0.602. The fourth-order valence-electron chi connectivity index (χ4n) is 2.57. The number of hydrogen-bond donors (Lipinski definition) is 1. The van der Waals surface area contributed by atoms with Crippen LogP contribution < -0.4 is 5.32 Å². The first kappa shape index (κ1) is 18.1. The first-order chi connectivity index (χ1) is 11.6. The van der Waals surface area contributed by atoms with Gasteiger partial charge in [-0.3, -0.25) is 20.3 Å². The van der Waals surface area contributed by atoms with Crippen LogP contribution in [0.1, 0.15) is 25.0 Å². The average Bonchev–Trinajstić information content (AvgIpc) is 2.60. The zero-order valence-corrected chi connectivity index (χ0v) is 14.3. The molecule has 5 nitrogen and oxygen atoms in total. The van der Waals surface area contributed by atoms with Crippen LogP contribution in [-0.4, -0.2) is 28.6 Å². The molecule has 0 aliphatic heterocycles. The van der Waals surface area contributed by atoms with E-state index in [0.29, 0.717) is 13.1 Å². The van der Waals surface area contributed by atoms with Gasteiger partial charge in [-0.2, -0.15) is 0 Å². The third-order valence-corrected chi connectivity index (χ3v) is 4.08. The molecule has 5 heteroatoms. The van der Waals surface area contributed by atoms with Crippen molar-refractivity contribution in [2.45, 2.75) is 39.1 Å². The van der Waals surface area contributed by atoms with Gasteiger partial charge in [0.1, 0.15) is 0 Å². The van der Waals surface area contributed by atoms with Gasteiger partial charge in [-0.25, -0.2) is 0 Å². The Morgan fingerprint density at radius 2 is 1.54 bits per heavy atom. The molecule has 0 bridgehead atoms. The molecule has 2 aromatic carbocycles. The summed E-state index contributed by atoms with van der Waals surface area (Å²) < 4.78 is 0. The Morgan fingerprint density at radius 3 is 2.08 bits per heavy atom. The second-order valence-electron chi connectivity index (χ2n) is 6.09. The van der Waals surface area contributed by atoms with Gasteiger partial charge in [0.2, 0.25) is 6.04 Å². The lowest BCUT2D eigenvalue weighted by atomic mass is 10.2. The summed E-state index contributed by atoms with van der Waals surface area (Å²) in [6.45, 7) is 5.54. The Balaban J connectivity index is 2.01. The molecule has 2 atom stereocenters.